The Bertz CT molecular complexity index is 202. The van der Waals surface area contributed by atoms with Gasteiger partial charge >= 0.3 is 6.03 Å². The molecule has 14 heavy (non-hydrogen) atoms. The lowest BCUT2D eigenvalue weighted by atomic mass is 10.8. The van der Waals surface area contributed by atoms with Gasteiger partial charge in [-0.2, -0.15) is 0 Å². The Hall–Kier alpha value is -0.490. The van der Waals surface area contributed by atoms with Gasteiger partial charge < -0.3 is 10.2 Å². The third-order valence-electron chi connectivity index (χ3n) is 0.921. The van der Waals surface area contributed by atoms with Crippen LogP contribution >= 0.6 is 18.5 Å². The highest BCUT2D eigenvalue weighted by Gasteiger charge is 1.96. The van der Waals surface area contributed by atoms with Crippen molar-refractivity contribution >= 4 is 30.5 Å². The van der Waals surface area contributed by atoms with Crippen molar-refractivity contribution in [3.8, 4) is 0 Å². The molecule has 0 saturated carbocycles. The van der Waals surface area contributed by atoms with Gasteiger partial charge in [-0.25, -0.2) is 14.8 Å². The van der Waals surface area contributed by atoms with Crippen LogP contribution in [0.3, 0.4) is 0 Å². The van der Waals surface area contributed by atoms with Crippen LogP contribution < -0.4 is 5.32 Å². The second-order valence-corrected chi connectivity index (χ2v) is 3.02. The third kappa shape index (κ3) is 14.1. The molecule has 0 aliphatic heterocycles. The summed E-state index contributed by atoms with van der Waals surface area (Å²) in [4.78, 5) is 19.2. The van der Waals surface area contributed by atoms with Gasteiger partial charge in [0.25, 0.3) is 0 Å². The molecule has 0 aromatic carbocycles. The van der Waals surface area contributed by atoms with Gasteiger partial charge in [0.15, 0.2) is 0 Å². The van der Waals surface area contributed by atoms with Gasteiger partial charge in [-0.05, 0) is 0 Å². The van der Waals surface area contributed by atoms with Gasteiger partial charge in [0.05, 0.1) is 12.3 Å². The van der Waals surface area contributed by atoms with E-state index in [9.17, 15) is 4.79 Å². The van der Waals surface area contributed by atoms with Crippen molar-refractivity contribution in [1.82, 2.24) is 10.2 Å². The largest absolute Gasteiger partial charge is 0.335 e. The van der Waals surface area contributed by atoms with Gasteiger partial charge in [0, 0.05) is 27.4 Å². The molecule has 0 aliphatic rings. The number of amides is 2. The predicted molar refractivity (Wildman–Crippen MR) is 67.2 cm³/mol. The first-order valence-corrected chi connectivity index (χ1v) is 5.59. The Balaban J connectivity index is 0. The normalized spacial score (nSPS) is 7.50. The topological polar surface area (TPSA) is 57.1 Å². The van der Waals surface area contributed by atoms with E-state index in [1.54, 1.807) is 21.1 Å². The van der Waals surface area contributed by atoms with E-state index in [2.05, 4.69) is 39.8 Å². The molecule has 0 radical (unpaired) electrons. The van der Waals surface area contributed by atoms with Crippen molar-refractivity contribution < 1.29 is 4.79 Å². The maximum atomic E-state index is 10.5. The number of hydrogen-bond acceptors (Lipinski definition) is 3. The molecule has 1 N–H and O–H groups in total. The molecule has 7 heteroatoms. The van der Waals surface area contributed by atoms with Crippen LogP contribution in [-0.2, 0) is 0 Å². The van der Waals surface area contributed by atoms with E-state index in [1.807, 2.05) is 0 Å². The highest BCUT2D eigenvalue weighted by molar-refractivity contribution is 7.16. The first-order valence-electron chi connectivity index (χ1n) is 3.95. The number of nitrogens with one attached hydrogen (secondary N) is 1. The van der Waals surface area contributed by atoms with Crippen LogP contribution in [0, 0.1) is 0 Å². The minimum Gasteiger partial charge on any atom is -0.335 e. The van der Waals surface area contributed by atoms with Crippen LogP contribution in [-0.4, -0.2) is 50.7 Å². The number of urea groups is 1. The minimum absolute atomic E-state index is 0.0556. The zero-order valence-electron chi connectivity index (χ0n) is 8.82. The van der Waals surface area contributed by atoms with Crippen LogP contribution in [0.5, 0.6) is 0 Å². The average molecular weight is 236 g/mol. The maximum Gasteiger partial charge on any atom is 0.317 e. The molecule has 2 atom stereocenters. The van der Waals surface area contributed by atoms with Crippen molar-refractivity contribution in [2.75, 3.05) is 33.7 Å². The predicted octanol–water partition coefficient (Wildman–Crippen LogP) is 0.713. The zero-order chi connectivity index (χ0) is 11.4. The number of carbonyl (C=O) groups is 1. The maximum absolute atomic E-state index is 10.5. The fourth-order valence-corrected chi connectivity index (χ4v) is 0.613. The molecule has 0 aromatic rings. The van der Waals surface area contributed by atoms with Crippen molar-refractivity contribution in [2.24, 2.45) is 9.98 Å². The molecule has 5 nitrogen and oxygen atoms in total. The van der Waals surface area contributed by atoms with E-state index in [-0.39, 0.29) is 6.03 Å². The van der Waals surface area contributed by atoms with Crippen LogP contribution in [0.4, 0.5) is 4.79 Å². The standard InChI is InChI=1S/C4H11N2OP.C3H7N2P/c1-6(2)4(7)5-3-8;1-4-2-5-3-6/h3,8H2,1-2H3,(H,5,7);3,6H2,1H3. The molecular formula is C7H18N4OP2. The Morgan fingerprint density at radius 2 is 2.07 bits per heavy atom. The smallest absolute Gasteiger partial charge is 0.317 e. The molecule has 0 fully saturated rings. The highest BCUT2D eigenvalue weighted by Crippen LogP contribution is 1.78. The second kappa shape index (κ2) is 12.5. The number of aliphatic imine (C=N–C) groups is 2. The first kappa shape index (κ1) is 16.0. The number of hydrogen-bond donors (Lipinski definition) is 1. The van der Waals surface area contributed by atoms with Gasteiger partial charge in [-0.1, -0.05) is 0 Å². The minimum atomic E-state index is -0.0556. The number of rotatable bonds is 2. The summed E-state index contributed by atoms with van der Waals surface area (Å²) in [5, 5.41) is 2.59. The summed E-state index contributed by atoms with van der Waals surface area (Å²) in [7, 11) is 9.90. The number of nitrogens with zero attached hydrogens (tertiary/aromatic N) is 3. The molecule has 2 unspecified atom stereocenters. The van der Waals surface area contributed by atoms with E-state index in [4.69, 9.17) is 0 Å². The van der Waals surface area contributed by atoms with E-state index in [0.29, 0.717) is 12.6 Å². The van der Waals surface area contributed by atoms with Crippen LogP contribution in [0.25, 0.3) is 0 Å². The molecule has 0 spiro atoms. The fourth-order valence-electron chi connectivity index (χ4n) is 0.357. The summed E-state index contributed by atoms with van der Waals surface area (Å²) in [5.74, 6) is 0. The van der Waals surface area contributed by atoms with E-state index >= 15 is 0 Å². The lowest BCUT2D eigenvalue weighted by molar-refractivity contribution is 0.219. The molecule has 0 saturated heterocycles. The molecular weight excluding hydrogens is 218 g/mol. The quantitative estimate of drug-likeness (QED) is 0.557. The van der Waals surface area contributed by atoms with Crippen molar-refractivity contribution in [1.29, 1.82) is 0 Å². The van der Waals surface area contributed by atoms with Crippen LogP contribution in [0.1, 0.15) is 0 Å². The Morgan fingerprint density at radius 1 is 1.50 bits per heavy atom. The Kier molecular flexibility index (Phi) is 14.3. The Morgan fingerprint density at radius 3 is 2.21 bits per heavy atom. The summed E-state index contributed by atoms with van der Waals surface area (Å²) in [6, 6.07) is 2.37. The van der Waals surface area contributed by atoms with Crippen molar-refractivity contribution in [3.63, 3.8) is 0 Å². The van der Waals surface area contributed by atoms with Crippen molar-refractivity contribution in [2.45, 2.75) is 0 Å². The zero-order valence-corrected chi connectivity index (χ0v) is 11.1. The highest BCUT2D eigenvalue weighted by atomic mass is 31.0. The van der Waals surface area contributed by atoms with Gasteiger partial charge in [0.2, 0.25) is 0 Å². The van der Waals surface area contributed by atoms with E-state index in [1.165, 1.54) is 4.90 Å². The molecule has 0 bridgehead atoms. The van der Waals surface area contributed by atoms with Gasteiger partial charge in [-0.15, -0.1) is 18.5 Å². The summed E-state index contributed by atoms with van der Waals surface area (Å²) in [6.45, 7) is 0. The fraction of sp³-hybridized carbons (Fsp3) is 0.714. The van der Waals surface area contributed by atoms with Crippen LogP contribution in [0.15, 0.2) is 9.98 Å². The first-order chi connectivity index (χ1) is 6.59. The van der Waals surface area contributed by atoms with E-state index < -0.39 is 0 Å². The molecule has 0 rings (SSSR count). The lowest BCUT2D eigenvalue weighted by Crippen LogP contribution is -2.33. The molecule has 82 valence electrons. The molecule has 0 heterocycles. The average Bonchev–Trinajstić information content (AvgIpc) is 2.16. The SMILES string of the molecule is CN(C)C(=O)NCP.CN=C=NCP. The molecule has 0 aromatic heterocycles. The number of carbonyl (C=O) groups excluding carboxylic acids is 1. The summed E-state index contributed by atoms with van der Waals surface area (Å²) in [5.41, 5.74) is 0. The summed E-state index contributed by atoms with van der Waals surface area (Å²) >= 11 is 0. The van der Waals surface area contributed by atoms with Gasteiger partial charge in [-0.3, -0.25) is 0 Å². The molecule has 0 aliphatic carbocycles. The third-order valence-corrected chi connectivity index (χ3v) is 1.31. The van der Waals surface area contributed by atoms with Gasteiger partial charge in [0.1, 0.15) is 0 Å². The second-order valence-electron chi connectivity index (χ2n) is 2.24. The lowest BCUT2D eigenvalue weighted by Gasteiger charge is -2.09. The Labute approximate surface area is 89.9 Å². The van der Waals surface area contributed by atoms with Crippen molar-refractivity contribution in [3.05, 3.63) is 0 Å². The molecule has 2 amide bonds. The summed E-state index contributed by atoms with van der Waals surface area (Å²) < 4.78 is 0. The summed E-state index contributed by atoms with van der Waals surface area (Å²) in [6.07, 6.45) is 1.30. The monoisotopic (exact) mass is 236 g/mol. The van der Waals surface area contributed by atoms with E-state index in [0.717, 1.165) is 0 Å². The van der Waals surface area contributed by atoms with Crippen LogP contribution in [0.2, 0.25) is 0 Å².